The SMILES string of the molecule is CC(C)C1CCC(C(C(F)(F)F)C(F)(F)F)CC1. The van der Waals surface area contributed by atoms with Crippen LogP contribution in [0.25, 0.3) is 0 Å². The average molecular weight is 276 g/mol. The monoisotopic (exact) mass is 276 g/mol. The second kappa shape index (κ2) is 5.29. The maximum absolute atomic E-state index is 12.5. The normalized spacial score (nSPS) is 27.0. The molecule has 6 heteroatoms. The molecule has 18 heavy (non-hydrogen) atoms. The highest BCUT2D eigenvalue weighted by Crippen LogP contribution is 2.49. The summed E-state index contributed by atoms with van der Waals surface area (Å²) < 4.78 is 75.2. The Morgan fingerprint density at radius 1 is 0.722 bits per heavy atom. The molecule has 0 aliphatic heterocycles. The lowest BCUT2D eigenvalue weighted by molar-refractivity contribution is -0.301. The van der Waals surface area contributed by atoms with Crippen LogP contribution in [-0.4, -0.2) is 12.4 Å². The third-order valence-electron chi connectivity index (χ3n) is 3.94. The first kappa shape index (κ1) is 15.6. The predicted molar refractivity (Wildman–Crippen MR) is 55.9 cm³/mol. The van der Waals surface area contributed by atoms with Crippen molar-refractivity contribution in [2.75, 3.05) is 0 Å². The van der Waals surface area contributed by atoms with Crippen molar-refractivity contribution >= 4 is 0 Å². The van der Waals surface area contributed by atoms with E-state index in [1.807, 2.05) is 13.8 Å². The second-order valence-corrected chi connectivity index (χ2v) is 5.48. The predicted octanol–water partition coefficient (Wildman–Crippen LogP) is 5.19. The van der Waals surface area contributed by atoms with E-state index in [1.165, 1.54) is 0 Å². The summed E-state index contributed by atoms with van der Waals surface area (Å²) in [6, 6.07) is 0. The summed E-state index contributed by atoms with van der Waals surface area (Å²) >= 11 is 0. The molecule has 1 fully saturated rings. The summed E-state index contributed by atoms with van der Waals surface area (Å²) in [6.07, 6.45) is -9.41. The summed E-state index contributed by atoms with van der Waals surface area (Å²) in [6.45, 7) is 3.91. The zero-order chi connectivity index (χ0) is 14.1. The number of halogens is 6. The van der Waals surface area contributed by atoms with Gasteiger partial charge in [-0.05, 0) is 43.4 Å². The first-order chi connectivity index (χ1) is 8.03. The Hall–Kier alpha value is -0.420. The van der Waals surface area contributed by atoms with Crippen LogP contribution in [0.15, 0.2) is 0 Å². The molecule has 0 N–H and O–H groups in total. The van der Waals surface area contributed by atoms with E-state index >= 15 is 0 Å². The van der Waals surface area contributed by atoms with Gasteiger partial charge in [-0.25, -0.2) is 0 Å². The first-order valence-corrected chi connectivity index (χ1v) is 6.17. The lowest BCUT2D eigenvalue weighted by Crippen LogP contribution is -2.43. The Morgan fingerprint density at radius 2 is 1.06 bits per heavy atom. The Balaban J connectivity index is 2.74. The molecular formula is C12H18F6. The number of hydrogen-bond acceptors (Lipinski definition) is 0. The van der Waals surface area contributed by atoms with Crippen molar-refractivity contribution in [2.24, 2.45) is 23.7 Å². The molecule has 0 atom stereocenters. The number of alkyl halides is 6. The zero-order valence-electron chi connectivity index (χ0n) is 10.4. The standard InChI is InChI=1S/C12H18F6/c1-7(2)8-3-5-9(6-4-8)10(11(13,14)15)12(16,17)18/h7-10H,3-6H2,1-2H3. The van der Waals surface area contributed by atoms with Gasteiger partial charge in [-0.1, -0.05) is 13.8 Å². The molecule has 0 aromatic heterocycles. The molecule has 0 aromatic carbocycles. The lowest BCUT2D eigenvalue weighted by atomic mass is 9.72. The molecule has 0 radical (unpaired) electrons. The fourth-order valence-electron chi connectivity index (χ4n) is 2.87. The van der Waals surface area contributed by atoms with E-state index in [1.54, 1.807) is 0 Å². The van der Waals surface area contributed by atoms with Crippen molar-refractivity contribution in [1.29, 1.82) is 0 Å². The van der Waals surface area contributed by atoms with Crippen molar-refractivity contribution in [3.63, 3.8) is 0 Å². The summed E-state index contributed by atoms with van der Waals surface area (Å²) in [5, 5.41) is 0. The van der Waals surface area contributed by atoms with Crippen molar-refractivity contribution in [3.8, 4) is 0 Å². The molecule has 1 aliphatic rings. The van der Waals surface area contributed by atoms with Gasteiger partial charge in [-0.15, -0.1) is 0 Å². The fourth-order valence-corrected chi connectivity index (χ4v) is 2.87. The van der Waals surface area contributed by atoms with Crippen molar-refractivity contribution in [1.82, 2.24) is 0 Å². The molecule has 0 saturated heterocycles. The Labute approximate surface area is 103 Å². The van der Waals surface area contributed by atoms with E-state index in [9.17, 15) is 26.3 Å². The maximum atomic E-state index is 12.5. The third-order valence-corrected chi connectivity index (χ3v) is 3.94. The summed E-state index contributed by atoms with van der Waals surface area (Å²) in [5.41, 5.74) is 0. The molecule has 0 aromatic rings. The van der Waals surface area contributed by atoms with E-state index in [-0.39, 0.29) is 18.8 Å². The maximum Gasteiger partial charge on any atom is 0.400 e. The molecule has 1 aliphatic carbocycles. The fraction of sp³-hybridized carbons (Fsp3) is 1.00. The summed E-state index contributed by atoms with van der Waals surface area (Å²) in [7, 11) is 0. The minimum atomic E-state index is -5.19. The largest absolute Gasteiger partial charge is 0.400 e. The Morgan fingerprint density at radius 3 is 1.33 bits per heavy atom. The van der Waals surface area contributed by atoms with Gasteiger partial charge in [0, 0.05) is 0 Å². The average Bonchev–Trinajstić information content (AvgIpc) is 2.13. The van der Waals surface area contributed by atoms with E-state index in [0.717, 1.165) is 0 Å². The quantitative estimate of drug-likeness (QED) is 0.609. The van der Waals surface area contributed by atoms with Crippen LogP contribution in [0.4, 0.5) is 26.3 Å². The second-order valence-electron chi connectivity index (χ2n) is 5.48. The van der Waals surface area contributed by atoms with Crippen LogP contribution < -0.4 is 0 Å². The lowest BCUT2D eigenvalue weighted by Gasteiger charge is -2.36. The summed E-state index contributed by atoms with van der Waals surface area (Å²) in [4.78, 5) is 0. The Kier molecular flexibility index (Phi) is 4.60. The highest BCUT2D eigenvalue weighted by molar-refractivity contribution is 4.86. The van der Waals surface area contributed by atoms with Crippen LogP contribution in [0.3, 0.4) is 0 Å². The molecule has 0 bridgehead atoms. The van der Waals surface area contributed by atoms with Gasteiger partial charge in [0.2, 0.25) is 0 Å². The third kappa shape index (κ3) is 3.79. The molecule has 1 rings (SSSR count). The topological polar surface area (TPSA) is 0 Å². The van der Waals surface area contributed by atoms with Crippen LogP contribution >= 0.6 is 0 Å². The van der Waals surface area contributed by atoms with E-state index in [0.29, 0.717) is 18.8 Å². The van der Waals surface area contributed by atoms with Crippen molar-refractivity contribution < 1.29 is 26.3 Å². The van der Waals surface area contributed by atoms with Gasteiger partial charge in [0.25, 0.3) is 0 Å². The van der Waals surface area contributed by atoms with Gasteiger partial charge >= 0.3 is 12.4 Å². The van der Waals surface area contributed by atoms with Gasteiger partial charge in [0.1, 0.15) is 0 Å². The van der Waals surface area contributed by atoms with Crippen molar-refractivity contribution in [2.45, 2.75) is 51.9 Å². The van der Waals surface area contributed by atoms with E-state index in [4.69, 9.17) is 0 Å². The van der Waals surface area contributed by atoms with Crippen LogP contribution in [0.1, 0.15) is 39.5 Å². The molecular weight excluding hydrogens is 258 g/mol. The molecule has 0 amide bonds. The zero-order valence-corrected chi connectivity index (χ0v) is 10.4. The van der Waals surface area contributed by atoms with E-state index in [2.05, 4.69) is 0 Å². The van der Waals surface area contributed by atoms with Gasteiger partial charge < -0.3 is 0 Å². The van der Waals surface area contributed by atoms with Crippen LogP contribution in [0.5, 0.6) is 0 Å². The molecule has 108 valence electrons. The van der Waals surface area contributed by atoms with E-state index < -0.39 is 24.2 Å². The molecule has 1 saturated carbocycles. The molecule has 0 nitrogen and oxygen atoms in total. The highest BCUT2D eigenvalue weighted by Gasteiger charge is 2.60. The van der Waals surface area contributed by atoms with Crippen LogP contribution in [0, 0.1) is 23.7 Å². The highest BCUT2D eigenvalue weighted by atomic mass is 19.4. The smallest absolute Gasteiger partial charge is 0.170 e. The van der Waals surface area contributed by atoms with Gasteiger partial charge in [-0.3, -0.25) is 0 Å². The van der Waals surface area contributed by atoms with Gasteiger partial charge in [0.05, 0.1) is 0 Å². The first-order valence-electron chi connectivity index (χ1n) is 6.17. The van der Waals surface area contributed by atoms with Crippen LogP contribution in [0.2, 0.25) is 0 Å². The number of rotatable bonds is 2. The molecule has 0 spiro atoms. The van der Waals surface area contributed by atoms with Crippen molar-refractivity contribution in [3.05, 3.63) is 0 Å². The minimum absolute atomic E-state index is 0.0204. The van der Waals surface area contributed by atoms with Crippen LogP contribution in [-0.2, 0) is 0 Å². The number of hydrogen-bond donors (Lipinski definition) is 0. The minimum Gasteiger partial charge on any atom is -0.170 e. The molecule has 0 unspecified atom stereocenters. The Bertz CT molecular complexity index is 243. The van der Waals surface area contributed by atoms with Gasteiger partial charge in [-0.2, -0.15) is 26.3 Å². The van der Waals surface area contributed by atoms with Gasteiger partial charge in [0.15, 0.2) is 5.92 Å². The molecule has 0 heterocycles. The summed E-state index contributed by atoms with van der Waals surface area (Å²) in [5.74, 6) is -3.89.